The van der Waals surface area contributed by atoms with E-state index in [9.17, 15) is 9.59 Å². The van der Waals surface area contributed by atoms with Gasteiger partial charge in [-0.2, -0.15) is 0 Å². The number of nitrogens with zero attached hydrogens (tertiary/aromatic N) is 1. The number of rotatable bonds is 5. The number of hydrogen-bond acceptors (Lipinski definition) is 5. The maximum atomic E-state index is 12.8. The lowest BCUT2D eigenvalue weighted by molar-refractivity contribution is 0.0891. The van der Waals surface area contributed by atoms with Gasteiger partial charge >= 0.3 is 5.63 Å². The fourth-order valence-electron chi connectivity index (χ4n) is 3.89. The van der Waals surface area contributed by atoms with Crippen LogP contribution in [0.5, 0.6) is 0 Å². The Bertz CT molecular complexity index is 1060. The fraction of sp³-hybridized carbons (Fsp3) is 0.391. The second kappa shape index (κ2) is 8.25. The topological polar surface area (TPSA) is 75.7 Å². The molecule has 6 nitrogen and oxygen atoms in total. The number of fused-ring (bicyclic) bond motifs is 1. The summed E-state index contributed by atoms with van der Waals surface area (Å²) in [5, 5.41) is 3.64. The van der Waals surface area contributed by atoms with Gasteiger partial charge < -0.3 is 14.2 Å². The molecule has 2 aromatic heterocycles. The second-order valence-electron chi connectivity index (χ2n) is 7.88. The minimum atomic E-state index is -0.626. The van der Waals surface area contributed by atoms with Gasteiger partial charge in [0.05, 0.1) is 6.04 Å². The average molecular weight is 394 g/mol. The summed E-state index contributed by atoms with van der Waals surface area (Å²) in [6.45, 7) is 6.47. The highest BCUT2D eigenvalue weighted by atomic mass is 16.4. The van der Waals surface area contributed by atoms with Gasteiger partial charge in [-0.25, -0.2) is 4.79 Å². The van der Waals surface area contributed by atoms with Crippen LogP contribution in [0.15, 0.2) is 56.1 Å². The first kappa shape index (κ1) is 19.5. The Morgan fingerprint density at radius 2 is 1.93 bits per heavy atom. The van der Waals surface area contributed by atoms with E-state index in [2.05, 4.69) is 17.1 Å². The molecule has 1 atom stereocenters. The highest BCUT2D eigenvalue weighted by molar-refractivity contribution is 5.96. The maximum Gasteiger partial charge on any atom is 0.349 e. The zero-order valence-corrected chi connectivity index (χ0v) is 16.8. The summed E-state index contributed by atoms with van der Waals surface area (Å²) < 4.78 is 11.2. The zero-order chi connectivity index (χ0) is 20.4. The summed E-state index contributed by atoms with van der Waals surface area (Å²) in [4.78, 5) is 27.4. The normalized spacial score (nSPS) is 16.8. The molecular weight excluding hydrogens is 368 g/mol. The number of para-hydroxylation sites is 1. The van der Waals surface area contributed by atoms with Gasteiger partial charge in [-0.1, -0.05) is 25.1 Å². The molecule has 0 unspecified atom stereocenters. The first-order valence-electron chi connectivity index (χ1n) is 10.1. The van der Waals surface area contributed by atoms with E-state index in [0.717, 1.165) is 42.8 Å². The largest absolute Gasteiger partial charge is 0.465 e. The SMILES string of the molecule is Cc1ccc([C@@H](CNC(=O)c2cc3ccccc3oc2=O)N2CCC(C)CC2)o1. The van der Waals surface area contributed by atoms with E-state index in [0.29, 0.717) is 18.0 Å². The molecule has 1 saturated heterocycles. The van der Waals surface area contributed by atoms with Gasteiger partial charge in [0.25, 0.3) is 5.91 Å². The summed E-state index contributed by atoms with van der Waals surface area (Å²) in [6.07, 6.45) is 2.25. The summed E-state index contributed by atoms with van der Waals surface area (Å²) in [5.41, 5.74) is -0.135. The maximum absolute atomic E-state index is 12.8. The average Bonchev–Trinajstić information content (AvgIpc) is 3.14. The minimum Gasteiger partial charge on any atom is -0.465 e. The lowest BCUT2D eigenvalue weighted by Gasteiger charge is -2.35. The molecule has 1 aromatic carbocycles. The molecule has 3 aromatic rings. The molecule has 6 heteroatoms. The van der Waals surface area contributed by atoms with Crippen LogP contribution in [-0.2, 0) is 0 Å². The van der Waals surface area contributed by atoms with E-state index < -0.39 is 11.5 Å². The standard InChI is InChI=1S/C23H26N2O4/c1-15-9-11-25(12-10-15)19(21-8-7-16(2)28-21)14-24-22(26)18-13-17-5-3-4-6-20(17)29-23(18)27/h3-8,13,15,19H,9-12,14H2,1-2H3,(H,24,26)/t19-/m1/s1. The molecule has 1 N–H and O–H groups in total. The molecular formula is C23H26N2O4. The summed E-state index contributed by atoms with van der Waals surface area (Å²) in [7, 11) is 0. The Kier molecular flexibility index (Phi) is 5.53. The van der Waals surface area contributed by atoms with Crippen LogP contribution < -0.4 is 10.9 Å². The Morgan fingerprint density at radius 3 is 2.66 bits per heavy atom. The number of aryl methyl sites for hydroxylation is 1. The van der Waals surface area contributed by atoms with Crippen LogP contribution in [0.2, 0.25) is 0 Å². The third kappa shape index (κ3) is 4.27. The Hall–Kier alpha value is -2.86. The van der Waals surface area contributed by atoms with Crippen LogP contribution in [-0.4, -0.2) is 30.4 Å². The molecule has 1 amide bonds. The predicted octanol–water partition coefficient (Wildman–Crippen LogP) is 3.90. The van der Waals surface area contributed by atoms with Crippen molar-refractivity contribution in [3.05, 3.63) is 70.0 Å². The minimum absolute atomic E-state index is 0.0188. The number of carbonyl (C=O) groups excluding carboxylic acids is 1. The molecule has 0 bridgehead atoms. The molecule has 0 spiro atoms. The van der Waals surface area contributed by atoms with E-state index in [-0.39, 0.29) is 11.6 Å². The van der Waals surface area contributed by atoms with Crippen molar-refractivity contribution in [2.75, 3.05) is 19.6 Å². The summed E-state index contributed by atoms with van der Waals surface area (Å²) in [5.74, 6) is 1.96. The Labute approximate surface area is 169 Å². The number of likely N-dealkylation sites (tertiary alicyclic amines) is 1. The van der Waals surface area contributed by atoms with Crippen LogP contribution in [0.1, 0.15) is 47.7 Å². The third-order valence-electron chi connectivity index (χ3n) is 5.69. The molecule has 29 heavy (non-hydrogen) atoms. The van der Waals surface area contributed by atoms with E-state index in [1.54, 1.807) is 18.2 Å². The Balaban J connectivity index is 1.53. The van der Waals surface area contributed by atoms with Gasteiger partial charge in [0, 0.05) is 11.9 Å². The molecule has 0 saturated carbocycles. The number of furan rings is 1. The molecule has 1 aliphatic heterocycles. The number of piperidine rings is 1. The van der Waals surface area contributed by atoms with Crippen LogP contribution in [0.3, 0.4) is 0 Å². The fourth-order valence-corrected chi connectivity index (χ4v) is 3.89. The van der Waals surface area contributed by atoms with Gasteiger partial charge in [-0.3, -0.25) is 9.69 Å². The van der Waals surface area contributed by atoms with Crippen molar-refractivity contribution in [3.8, 4) is 0 Å². The molecule has 1 aliphatic rings. The van der Waals surface area contributed by atoms with Crippen molar-refractivity contribution in [2.24, 2.45) is 5.92 Å². The molecule has 152 valence electrons. The lowest BCUT2D eigenvalue weighted by atomic mass is 9.97. The molecule has 3 heterocycles. The molecule has 4 rings (SSSR count). The molecule has 0 radical (unpaired) electrons. The third-order valence-corrected chi connectivity index (χ3v) is 5.69. The number of carbonyl (C=O) groups is 1. The van der Waals surface area contributed by atoms with Gasteiger partial charge in [0.2, 0.25) is 0 Å². The van der Waals surface area contributed by atoms with Crippen LogP contribution in [0.25, 0.3) is 11.0 Å². The van der Waals surface area contributed by atoms with E-state index >= 15 is 0 Å². The van der Waals surface area contributed by atoms with Crippen molar-refractivity contribution < 1.29 is 13.6 Å². The van der Waals surface area contributed by atoms with Crippen molar-refractivity contribution in [2.45, 2.75) is 32.7 Å². The smallest absolute Gasteiger partial charge is 0.349 e. The van der Waals surface area contributed by atoms with E-state index in [1.165, 1.54) is 0 Å². The highest BCUT2D eigenvalue weighted by Crippen LogP contribution is 2.27. The van der Waals surface area contributed by atoms with Crippen molar-refractivity contribution >= 4 is 16.9 Å². The quantitative estimate of drug-likeness (QED) is 0.664. The van der Waals surface area contributed by atoms with Crippen molar-refractivity contribution in [3.63, 3.8) is 0 Å². The van der Waals surface area contributed by atoms with Crippen LogP contribution in [0, 0.1) is 12.8 Å². The number of amides is 1. The van der Waals surface area contributed by atoms with E-state index in [4.69, 9.17) is 8.83 Å². The first-order valence-corrected chi connectivity index (χ1v) is 10.1. The van der Waals surface area contributed by atoms with Gasteiger partial charge in [0.1, 0.15) is 22.7 Å². The predicted molar refractivity (Wildman–Crippen MR) is 111 cm³/mol. The van der Waals surface area contributed by atoms with Crippen molar-refractivity contribution in [1.29, 1.82) is 0 Å². The number of hydrogen-bond donors (Lipinski definition) is 1. The van der Waals surface area contributed by atoms with Gasteiger partial charge in [0.15, 0.2) is 0 Å². The Morgan fingerprint density at radius 1 is 1.17 bits per heavy atom. The number of benzene rings is 1. The summed E-state index contributed by atoms with van der Waals surface area (Å²) >= 11 is 0. The van der Waals surface area contributed by atoms with Crippen LogP contribution >= 0.6 is 0 Å². The second-order valence-corrected chi connectivity index (χ2v) is 7.88. The van der Waals surface area contributed by atoms with Gasteiger partial charge in [-0.05, 0) is 63.0 Å². The molecule has 0 aliphatic carbocycles. The van der Waals surface area contributed by atoms with E-state index in [1.807, 2.05) is 31.2 Å². The molecule has 1 fully saturated rings. The highest BCUT2D eigenvalue weighted by Gasteiger charge is 2.27. The van der Waals surface area contributed by atoms with Crippen LogP contribution in [0.4, 0.5) is 0 Å². The number of nitrogens with one attached hydrogen (secondary N) is 1. The summed E-state index contributed by atoms with van der Waals surface area (Å²) in [6, 6.07) is 12.6. The monoisotopic (exact) mass is 394 g/mol. The lowest BCUT2D eigenvalue weighted by Crippen LogP contribution is -2.42. The first-order chi connectivity index (χ1) is 14.0. The van der Waals surface area contributed by atoms with Gasteiger partial charge in [-0.15, -0.1) is 0 Å². The van der Waals surface area contributed by atoms with Crippen molar-refractivity contribution in [1.82, 2.24) is 10.2 Å². The zero-order valence-electron chi connectivity index (χ0n) is 16.8.